The topological polar surface area (TPSA) is 124 Å². The Morgan fingerprint density at radius 3 is 2.19 bits per heavy atom. The highest BCUT2D eigenvalue weighted by atomic mass is 32.2. The van der Waals surface area contributed by atoms with E-state index in [0.29, 0.717) is 0 Å². The number of carbonyl (C=O) groups is 3. The summed E-state index contributed by atoms with van der Waals surface area (Å²) in [7, 11) is -4.36. The first-order valence-electron chi connectivity index (χ1n) is 11.0. The Kier molecular flexibility index (Phi) is 7.66. The van der Waals surface area contributed by atoms with Crippen LogP contribution >= 0.6 is 11.3 Å². The van der Waals surface area contributed by atoms with Crippen molar-refractivity contribution in [1.82, 2.24) is 14.5 Å². The number of carbonyl (C=O) groups excluding carboxylic acids is 2. The SMILES string of the molecule is O=C(O)CC(NC(=O)C1N(C(=O)c2cccs2)CCN1S(=O)(=O)c1ccc(F)cc1)c1ccc(F)cc1. The number of thiophene rings is 1. The first kappa shape index (κ1) is 26.4. The molecule has 37 heavy (non-hydrogen) atoms. The van der Waals surface area contributed by atoms with Crippen molar-refractivity contribution in [3.8, 4) is 0 Å². The normalized spacial score (nSPS) is 16.9. The van der Waals surface area contributed by atoms with Gasteiger partial charge in [0.25, 0.3) is 11.8 Å². The summed E-state index contributed by atoms with van der Waals surface area (Å²) < 4.78 is 54.5. The van der Waals surface area contributed by atoms with Gasteiger partial charge in [0.15, 0.2) is 6.17 Å². The summed E-state index contributed by atoms with van der Waals surface area (Å²) in [5.74, 6) is -4.00. The van der Waals surface area contributed by atoms with E-state index in [0.717, 1.165) is 56.9 Å². The van der Waals surface area contributed by atoms with E-state index in [1.165, 1.54) is 18.2 Å². The van der Waals surface area contributed by atoms with Crippen LogP contribution in [0.2, 0.25) is 0 Å². The van der Waals surface area contributed by atoms with Gasteiger partial charge in [-0.1, -0.05) is 18.2 Å². The number of hydrogen-bond donors (Lipinski definition) is 2. The van der Waals surface area contributed by atoms with Crippen molar-refractivity contribution in [2.24, 2.45) is 0 Å². The number of sulfonamides is 1. The third-order valence-electron chi connectivity index (χ3n) is 5.74. The summed E-state index contributed by atoms with van der Waals surface area (Å²) >= 11 is 1.11. The van der Waals surface area contributed by atoms with Crippen molar-refractivity contribution in [2.45, 2.75) is 23.5 Å². The first-order chi connectivity index (χ1) is 17.6. The molecule has 2 aromatic carbocycles. The van der Waals surface area contributed by atoms with Crippen LogP contribution in [-0.4, -0.2) is 59.8 Å². The lowest BCUT2D eigenvalue weighted by molar-refractivity contribution is -0.138. The van der Waals surface area contributed by atoms with Gasteiger partial charge in [-0.15, -0.1) is 11.3 Å². The van der Waals surface area contributed by atoms with Crippen LogP contribution in [0.1, 0.15) is 27.7 Å². The lowest BCUT2D eigenvalue weighted by Crippen LogP contribution is -2.54. The van der Waals surface area contributed by atoms with Gasteiger partial charge >= 0.3 is 5.97 Å². The summed E-state index contributed by atoms with van der Waals surface area (Å²) in [6, 6.07) is 10.9. The van der Waals surface area contributed by atoms with Gasteiger partial charge in [0.2, 0.25) is 10.0 Å². The Balaban J connectivity index is 1.71. The van der Waals surface area contributed by atoms with Crippen LogP contribution in [0.25, 0.3) is 0 Å². The molecule has 1 fully saturated rings. The molecule has 2 amide bonds. The average Bonchev–Trinajstić information content (AvgIpc) is 3.55. The fraction of sp³-hybridized carbons (Fsp3) is 0.208. The minimum absolute atomic E-state index is 0.116. The zero-order valence-corrected chi connectivity index (χ0v) is 20.7. The highest BCUT2D eigenvalue weighted by Gasteiger charge is 2.47. The molecule has 13 heteroatoms. The van der Waals surface area contributed by atoms with E-state index in [-0.39, 0.29) is 28.4 Å². The van der Waals surface area contributed by atoms with E-state index in [2.05, 4.69) is 5.32 Å². The molecule has 1 aliphatic heterocycles. The van der Waals surface area contributed by atoms with E-state index in [4.69, 9.17) is 0 Å². The zero-order valence-electron chi connectivity index (χ0n) is 19.1. The van der Waals surface area contributed by atoms with Crippen molar-refractivity contribution >= 4 is 39.1 Å². The zero-order chi connectivity index (χ0) is 26.7. The van der Waals surface area contributed by atoms with E-state index in [1.54, 1.807) is 11.4 Å². The molecule has 1 saturated heterocycles. The fourth-order valence-corrected chi connectivity index (χ4v) is 6.22. The van der Waals surface area contributed by atoms with Crippen LogP contribution in [-0.2, 0) is 19.6 Å². The molecular formula is C24H21F2N3O6S2. The number of hydrogen-bond acceptors (Lipinski definition) is 6. The quantitative estimate of drug-likeness (QED) is 0.445. The van der Waals surface area contributed by atoms with Crippen LogP contribution in [0.4, 0.5) is 8.78 Å². The lowest BCUT2D eigenvalue weighted by Gasteiger charge is -2.30. The Bertz CT molecular complexity index is 1400. The molecule has 1 aromatic heterocycles. The fourth-order valence-electron chi connectivity index (χ4n) is 3.99. The number of nitrogens with zero attached hydrogens (tertiary/aromatic N) is 2. The smallest absolute Gasteiger partial charge is 0.305 e. The molecule has 0 spiro atoms. The van der Waals surface area contributed by atoms with Crippen molar-refractivity contribution in [1.29, 1.82) is 0 Å². The number of amides is 2. The number of rotatable bonds is 8. The van der Waals surface area contributed by atoms with E-state index >= 15 is 0 Å². The van der Waals surface area contributed by atoms with Crippen LogP contribution in [0.15, 0.2) is 70.9 Å². The van der Waals surface area contributed by atoms with Crippen molar-refractivity contribution in [3.05, 3.63) is 88.1 Å². The molecule has 9 nitrogen and oxygen atoms in total. The minimum atomic E-state index is -4.36. The number of carboxylic acid groups (broad SMARTS) is 1. The predicted octanol–water partition coefficient (Wildman–Crippen LogP) is 2.83. The van der Waals surface area contributed by atoms with Gasteiger partial charge < -0.3 is 15.3 Å². The summed E-state index contributed by atoms with van der Waals surface area (Å²) in [6.45, 7) is -0.343. The molecular weight excluding hydrogens is 528 g/mol. The van der Waals surface area contributed by atoms with Gasteiger partial charge in [0.1, 0.15) is 11.6 Å². The molecule has 194 valence electrons. The van der Waals surface area contributed by atoms with Crippen LogP contribution in [0.3, 0.4) is 0 Å². The third-order valence-corrected chi connectivity index (χ3v) is 8.47. The average molecular weight is 550 g/mol. The van der Waals surface area contributed by atoms with Crippen molar-refractivity contribution < 1.29 is 36.7 Å². The predicted molar refractivity (Wildman–Crippen MR) is 129 cm³/mol. The van der Waals surface area contributed by atoms with Gasteiger partial charge in [-0.3, -0.25) is 14.4 Å². The van der Waals surface area contributed by atoms with Crippen LogP contribution < -0.4 is 5.32 Å². The molecule has 0 saturated carbocycles. The minimum Gasteiger partial charge on any atom is -0.481 e. The second-order valence-corrected chi connectivity index (χ2v) is 11.0. The molecule has 4 rings (SSSR count). The maximum Gasteiger partial charge on any atom is 0.305 e. The monoisotopic (exact) mass is 549 g/mol. The maximum atomic E-state index is 13.6. The van der Waals surface area contributed by atoms with E-state index in [1.807, 2.05) is 0 Å². The third kappa shape index (κ3) is 5.68. The van der Waals surface area contributed by atoms with Crippen LogP contribution in [0.5, 0.6) is 0 Å². The highest BCUT2D eigenvalue weighted by Crippen LogP contribution is 2.28. The Labute approximate surface area is 215 Å². The Morgan fingerprint density at radius 2 is 1.62 bits per heavy atom. The van der Waals surface area contributed by atoms with Crippen LogP contribution in [0, 0.1) is 11.6 Å². The van der Waals surface area contributed by atoms with Gasteiger partial charge in [-0.05, 0) is 53.4 Å². The first-order valence-corrected chi connectivity index (χ1v) is 13.3. The van der Waals surface area contributed by atoms with Gasteiger partial charge in [-0.2, -0.15) is 4.31 Å². The van der Waals surface area contributed by atoms with Crippen molar-refractivity contribution in [2.75, 3.05) is 13.1 Å². The Hall–Kier alpha value is -3.68. The molecule has 2 heterocycles. The summed E-state index contributed by atoms with van der Waals surface area (Å²) in [5.41, 5.74) is 0.277. The molecule has 0 radical (unpaired) electrons. The number of nitrogens with one attached hydrogen (secondary N) is 1. The molecule has 1 aliphatic rings. The molecule has 3 aromatic rings. The van der Waals surface area contributed by atoms with Gasteiger partial charge in [-0.25, -0.2) is 17.2 Å². The molecule has 0 bridgehead atoms. The summed E-state index contributed by atoms with van der Waals surface area (Å²) in [5, 5.41) is 13.5. The number of halogens is 2. The molecule has 2 unspecified atom stereocenters. The Morgan fingerprint density at radius 1 is 1.00 bits per heavy atom. The number of aliphatic carboxylic acids is 1. The second kappa shape index (κ2) is 10.7. The van der Waals surface area contributed by atoms with E-state index in [9.17, 15) is 36.7 Å². The summed E-state index contributed by atoms with van der Waals surface area (Å²) in [6.07, 6.45) is -2.23. The standard InChI is InChI=1S/C24H21F2N3O6S2/c25-16-5-3-15(4-6-16)19(14-21(30)31)27-22(32)23-28(24(33)20-2-1-13-36-20)11-12-29(23)37(34,35)18-9-7-17(26)8-10-18/h1-10,13,19,23H,11-12,14H2,(H,27,32)(H,30,31). The van der Waals surface area contributed by atoms with E-state index < -0.39 is 58.1 Å². The number of benzene rings is 2. The summed E-state index contributed by atoms with van der Waals surface area (Å²) in [4.78, 5) is 39.3. The second-order valence-electron chi connectivity index (χ2n) is 8.13. The highest BCUT2D eigenvalue weighted by molar-refractivity contribution is 7.89. The van der Waals surface area contributed by atoms with Gasteiger partial charge in [0, 0.05) is 13.1 Å². The molecule has 2 N–H and O–H groups in total. The van der Waals surface area contributed by atoms with Gasteiger partial charge in [0.05, 0.1) is 22.2 Å². The molecule has 2 atom stereocenters. The largest absolute Gasteiger partial charge is 0.481 e. The lowest BCUT2D eigenvalue weighted by atomic mass is 10.0. The number of carboxylic acids is 1. The maximum absolute atomic E-state index is 13.6. The van der Waals surface area contributed by atoms with Crippen molar-refractivity contribution in [3.63, 3.8) is 0 Å². The molecule has 0 aliphatic carbocycles.